The monoisotopic (exact) mass is 300 g/mol. The molecule has 20 heavy (non-hydrogen) atoms. The van der Waals surface area contributed by atoms with Gasteiger partial charge in [0.25, 0.3) is 0 Å². The highest BCUT2D eigenvalue weighted by atomic mass is 32.2. The van der Waals surface area contributed by atoms with Crippen LogP contribution in [0.1, 0.15) is 19.8 Å². The van der Waals surface area contributed by atoms with Crippen molar-refractivity contribution >= 4 is 23.7 Å². The number of halogens is 2. The summed E-state index contributed by atoms with van der Waals surface area (Å²) in [4.78, 5) is 23.6. The number of benzene rings is 1. The maximum Gasteiger partial charge on any atom is 0.321 e. The van der Waals surface area contributed by atoms with Crippen LogP contribution in [0.2, 0.25) is 0 Å². The minimum absolute atomic E-state index is 0.164. The van der Waals surface area contributed by atoms with Crippen molar-refractivity contribution in [3.05, 3.63) is 29.8 Å². The van der Waals surface area contributed by atoms with Gasteiger partial charge in [0.1, 0.15) is 0 Å². The molecule has 0 bridgehead atoms. The third kappa shape index (κ3) is 4.19. The second kappa shape index (κ2) is 6.21. The molecule has 1 aliphatic rings. The van der Waals surface area contributed by atoms with Crippen LogP contribution in [-0.2, 0) is 4.79 Å². The Balaban J connectivity index is 1.86. The van der Waals surface area contributed by atoms with E-state index in [4.69, 9.17) is 0 Å². The van der Waals surface area contributed by atoms with Crippen LogP contribution in [-0.4, -0.2) is 23.2 Å². The Morgan fingerprint density at radius 2 is 2.00 bits per heavy atom. The first kappa shape index (κ1) is 14.8. The highest BCUT2D eigenvalue weighted by molar-refractivity contribution is 8.00. The number of carbonyl (C=O) groups excluding carboxylic acids is 2. The predicted octanol–water partition coefficient (Wildman–Crippen LogP) is 2.43. The van der Waals surface area contributed by atoms with E-state index in [1.165, 1.54) is 6.07 Å². The number of imide groups is 1. The lowest BCUT2D eigenvalue weighted by Crippen LogP contribution is -2.43. The maximum atomic E-state index is 13.0. The topological polar surface area (TPSA) is 58.2 Å². The van der Waals surface area contributed by atoms with Crippen LogP contribution in [0, 0.1) is 11.6 Å². The minimum Gasteiger partial charge on any atom is -0.335 e. The van der Waals surface area contributed by atoms with Gasteiger partial charge in [-0.2, -0.15) is 0 Å². The molecule has 2 rings (SSSR count). The van der Waals surface area contributed by atoms with Gasteiger partial charge in [-0.3, -0.25) is 10.1 Å². The summed E-state index contributed by atoms with van der Waals surface area (Å²) >= 11 is 1.05. The van der Waals surface area contributed by atoms with Gasteiger partial charge in [-0.15, -0.1) is 11.8 Å². The van der Waals surface area contributed by atoms with Gasteiger partial charge in [0.05, 0.1) is 5.25 Å². The van der Waals surface area contributed by atoms with Crippen molar-refractivity contribution in [3.8, 4) is 0 Å². The average Bonchev–Trinajstić information content (AvgIpc) is 3.17. The zero-order valence-electron chi connectivity index (χ0n) is 10.8. The summed E-state index contributed by atoms with van der Waals surface area (Å²) in [6.07, 6.45) is 1.86. The summed E-state index contributed by atoms with van der Waals surface area (Å²) in [5, 5.41) is 4.26. The van der Waals surface area contributed by atoms with Crippen LogP contribution in [0.5, 0.6) is 0 Å². The van der Waals surface area contributed by atoms with Crippen molar-refractivity contribution in [2.45, 2.75) is 36.0 Å². The number of thioether (sulfide) groups is 1. The molecule has 0 spiro atoms. The minimum atomic E-state index is -0.964. The van der Waals surface area contributed by atoms with Gasteiger partial charge in [-0.25, -0.2) is 13.6 Å². The predicted molar refractivity (Wildman–Crippen MR) is 71.4 cm³/mol. The Hall–Kier alpha value is -1.63. The van der Waals surface area contributed by atoms with Crippen LogP contribution < -0.4 is 10.6 Å². The second-order valence-corrected chi connectivity index (χ2v) is 5.99. The van der Waals surface area contributed by atoms with Crippen LogP contribution >= 0.6 is 11.8 Å². The number of nitrogens with one attached hydrogen (secondary N) is 2. The zero-order valence-corrected chi connectivity index (χ0v) is 11.6. The smallest absolute Gasteiger partial charge is 0.321 e. The van der Waals surface area contributed by atoms with E-state index in [1.807, 2.05) is 0 Å². The molecule has 108 valence electrons. The normalized spacial score (nSPS) is 15.6. The number of urea groups is 1. The fourth-order valence-electron chi connectivity index (χ4n) is 1.47. The zero-order chi connectivity index (χ0) is 14.7. The first-order valence-electron chi connectivity index (χ1n) is 6.19. The summed E-state index contributed by atoms with van der Waals surface area (Å²) in [6.45, 7) is 1.59. The Morgan fingerprint density at radius 3 is 2.60 bits per heavy atom. The van der Waals surface area contributed by atoms with E-state index in [1.54, 1.807) is 6.92 Å². The molecule has 0 aromatic heterocycles. The van der Waals surface area contributed by atoms with Crippen molar-refractivity contribution in [1.29, 1.82) is 0 Å². The van der Waals surface area contributed by atoms with Gasteiger partial charge in [-0.1, -0.05) is 0 Å². The lowest BCUT2D eigenvalue weighted by Gasteiger charge is -2.11. The maximum absolute atomic E-state index is 13.0. The molecule has 1 fully saturated rings. The summed E-state index contributed by atoms with van der Waals surface area (Å²) in [6, 6.07) is 3.06. The molecule has 1 aliphatic carbocycles. The van der Waals surface area contributed by atoms with E-state index < -0.39 is 28.8 Å². The van der Waals surface area contributed by atoms with Gasteiger partial charge in [-0.05, 0) is 38.0 Å². The molecule has 7 heteroatoms. The average molecular weight is 300 g/mol. The number of hydrogen-bond donors (Lipinski definition) is 2. The third-order valence-electron chi connectivity index (χ3n) is 2.72. The molecule has 1 atom stereocenters. The Labute approximate surface area is 119 Å². The molecule has 2 N–H and O–H groups in total. The molecular weight excluding hydrogens is 286 g/mol. The molecule has 0 heterocycles. The van der Waals surface area contributed by atoms with Crippen molar-refractivity contribution in [2.24, 2.45) is 0 Å². The highest BCUT2D eigenvalue weighted by Gasteiger charge is 2.25. The third-order valence-corrected chi connectivity index (χ3v) is 3.82. The van der Waals surface area contributed by atoms with Crippen LogP contribution in [0.3, 0.4) is 0 Å². The van der Waals surface area contributed by atoms with Crippen LogP contribution in [0.4, 0.5) is 13.6 Å². The lowest BCUT2D eigenvalue weighted by atomic mass is 10.3. The molecular formula is C13H14F2N2O2S. The fourth-order valence-corrected chi connectivity index (χ4v) is 2.36. The molecule has 0 radical (unpaired) electrons. The van der Waals surface area contributed by atoms with E-state index in [0.29, 0.717) is 4.90 Å². The molecule has 1 unspecified atom stereocenters. The first-order chi connectivity index (χ1) is 9.45. The van der Waals surface area contributed by atoms with Gasteiger partial charge in [0, 0.05) is 10.9 Å². The molecule has 1 aromatic carbocycles. The summed E-state index contributed by atoms with van der Waals surface area (Å²) in [7, 11) is 0. The summed E-state index contributed by atoms with van der Waals surface area (Å²) in [5.41, 5.74) is 0. The van der Waals surface area contributed by atoms with Crippen molar-refractivity contribution in [2.75, 3.05) is 0 Å². The van der Waals surface area contributed by atoms with Crippen molar-refractivity contribution in [1.82, 2.24) is 10.6 Å². The fraction of sp³-hybridized carbons (Fsp3) is 0.385. The number of rotatable bonds is 4. The van der Waals surface area contributed by atoms with E-state index in [0.717, 1.165) is 36.7 Å². The second-order valence-electron chi connectivity index (χ2n) is 4.57. The van der Waals surface area contributed by atoms with Gasteiger partial charge >= 0.3 is 6.03 Å². The van der Waals surface area contributed by atoms with E-state index >= 15 is 0 Å². The molecule has 0 saturated heterocycles. The SMILES string of the molecule is CC(Sc1ccc(F)c(F)c1)C(=O)NC(=O)NC1CC1. The van der Waals surface area contributed by atoms with Crippen LogP contribution in [0.25, 0.3) is 0 Å². The van der Waals surface area contributed by atoms with E-state index in [2.05, 4.69) is 10.6 Å². The lowest BCUT2D eigenvalue weighted by molar-refractivity contribution is -0.119. The summed E-state index contributed by atoms with van der Waals surface area (Å²) < 4.78 is 25.8. The Morgan fingerprint density at radius 1 is 1.30 bits per heavy atom. The largest absolute Gasteiger partial charge is 0.335 e. The van der Waals surface area contributed by atoms with Gasteiger partial charge < -0.3 is 5.32 Å². The molecule has 0 aliphatic heterocycles. The van der Waals surface area contributed by atoms with E-state index in [9.17, 15) is 18.4 Å². The Kier molecular flexibility index (Phi) is 4.59. The Bertz CT molecular complexity index is 535. The van der Waals surface area contributed by atoms with Crippen molar-refractivity contribution < 1.29 is 18.4 Å². The van der Waals surface area contributed by atoms with E-state index in [-0.39, 0.29) is 6.04 Å². The molecule has 4 nitrogen and oxygen atoms in total. The molecule has 1 aromatic rings. The highest BCUT2D eigenvalue weighted by Crippen LogP contribution is 2.25. The number of carbonyl (C=O) groups is 2. The van der Waals surface area contributed by atoms with Gasteiger partial charge in [0.2, 0.25) is 5.91 Å². The van der Waals surface area contributed by atoms with Crippen LogP contribution in [0.15, 0.2) is 23.1 Å². The quantitative estimate of drug-likeness (QED) is 0.840. The molecule has 3 amide bonds. The number of hydrogen-bond acceptors (Lipinski definition) is 3. The first-order valence-corrected chi connectivity index (χ1v) is 7.06. The molecule has 1 saturated carbocycles. The van der Waals surface area contributed by atoms with Crippen molar-refractivity contribution in [3.63, 3.8) is 0 Å². The summed E-state index contributed by atoms with van der Waals surface area (Å²) in [5.74, 6) is -2.37. The standard InChI is InChI=1S/C13H14F2N2O2S/c1-7(12(18)17-13(19)16-8-2-3-8)20-9-4-5-10(14)11(15)6-9/h4-8H,2-3H2,1H3,(H2,16,17,18,19). The number of amides is 3. The van der Waals surface area contributed by atoms with Gasteiger partial charge in [0.15, 0.2) is 11.6 Å².